The lowest BCUT2D eigenvalue weighted by Crippen LogP contribution is -2.38. The summed E-state index contributed by atoms with van der Waals surface area (Å²) >= 11 is 1.68. The first kappa shape index (κ1) is 24.7. The summed E-state index contributed by atoms with van der Waals surface area (Å²) in [5.74, 6) is 0.0739. The monoisotopic (exact) mass is 464 g/mol. The van der Waals surface area contributed by atoms with E-state index in [-0.39, 0.29) is 0 Å². The molecule has 2 aromatic rings. The third kappa shape index (κ3) is 7.56. The molecule has 1 aliphatic heterocycles. The van der Waals surface area contributed by atoms with Crippen LogP contribution in [0.15, 0.2) is 73.4 Å². The van der Waals surface area contributed by atoms with Crippen molar-refractivity contribution < 1.29 is 14.3 Å². The van der Waals surface area contributed by atoms with Gasteiger partial charge in [-0.2, -0.15) is 0 Å². The maximum absolute atomic E-state index is 12.0. The highest BCUT2D eigenvalue weighted by Crippen LogP contribution is 2.35. The molecule has 1 aliphatic rings. The van der Waals surface area contributed by atoms with Gasteiger partial charge in [0.15, 0.2) is 0 Å². The van der Waals surface area contributed by atoms with Crippen LogP contribution in [0.3, 0.4) is 0 Å². The summed E-state index contributed by atoms with van der Waals surface area (Å²) in [6.07, 6.45) is 16.9. The largest absolute Gasteiger partial charge is 0.491 e. The van der Waals surface area contributed by atoms with Gasteiger partial charge in [0.1, 0.15) is 12.4 Å². The van der Waals surface area contributed by atoms with E-state index in [4.69, 9.17) is 15.2 Å². The molecule has 0 aliphatic carbocycles. The molecule has 1 saturated heterocycles. The van der Waals surface area contributed by atoms with Crippen LogP contribution in [0.25, 0.3) is 15.7 Å². The Morgan fingerprint density at radius 2 is 1.97 bits per heavy atom. The van der Waals surface area contributed by atoms with Crippen molar-refractivity contribution in [1.82, 2.24) is 4.90 Å². The van der Waals surface area contributed by atoms with Crippen molar-refractivity contribution in [3.63, 3.8) is 0 Å². The second-order valence-electron chi connectivity index (χ2n) is 7.73. The van der Waals surface area contributed by atoms with Gasteiger partial charge in [0.2, 0.25) is 0 Å². The van der Waals surface area contributed by atoms with Crippen molar-refractivity contribution in [3.05, 3.63) is 83.8 Å². The second kappa shape index (κ2) is 12.9. The molecule has 1 aromatic heterocycles. The minimum atomic E-state index is -0.476. The molecular formula is C27H32N2O3S. The topological polar surface area (TPSA) is 64.8 Å². The molecule has 3 rings (SSSR count). The smallest absolute Gasteiger partial charge is 0.252 e. The number of benzene rings is 1. The van der Waals surface area contributed by atoms with Gasteiger partial charge >= 0.3 is 0 Å². The van der Waals surface area contributed by atoms with Crippen LogP contribution in [-0.2, 0) is 4.74 Å². The zero-order chi connectivity index (χ0) is 23.5. The van der Waals surface area contributed by atoms with Crippen molar-refractivity contribution >= 4 is 32.9 Å². The van der Waals surface area contributed by atoms with E-state index >= 15 is 0 Å². The lowest BCUT2D eigenvalue weighted by Gasteiger charge is -2.26. The predicted octanol–water partition coefficient (Wildman–Crippen LogP) is 5.36. The van der Waals surface area contributed by atoms with Crippen LogP contribution in [-0.4, -0.2) is 50.3 Å². The molecule has 5 nitrogen and oxygen atoms in total. The minimum Gasteiger partial charge on any atom is -0.491 e. The van der Waals surface area contributed by atoms with Crippen LogP contribution < -0.4 is 10.5 Å². The molecule has 1 aromatic carbocycles. The summed E-state index contributed by atoms with van der Waals surface area (Å²) < 4.78 is 12.4. The van der Waals surface area contributed by atoms with E-state index in [9.17, 15) is 4.79 Å². The Morgan fingerprint density at radius 3 is 2.73 bits per heavy atom. The molecule has 174 valence electrons. The number of thiophene rings is 1. The van der Waals surface area contributed by atoms with Crippen molar-refractivity contribution in [2.75, 3.05) is 39.5 Å². The summed E-state index contributed by atoms with van der Waals surface area (Å²) in [7, 11) is 0. The number of morpholine rings is 1. The lowest BCUT2D eigenvalue weighted by molar-refractivity contribution is 0.0322. The van der Waals surface area contributed by atoms with E-state index in [2.05, 4.69) is 42.7 Å². The Labute approximate surface area is 200 Å². The van der Waals surface area contributed by atoms with Crippen molar-refractivity contribution in [1.29, 1.82) is 0 Å². The number of carbonyl (C=O) groups is 1. The fourth-order valence-electron chi connectivity index (χ4n) is 3.44. The molecule has 6 heteroatoms. The summed E-state index contributed by atoms with van der Waals surface area (Å²) in [6, 6.07) is 5.87. The van der Waals surface area contributed by atoms with Gasteiger partial charge < -0.3 is 15.2 Å². The number of fused-ring (bicyclic) bond motifs is 1. The fraction of sp³-hybridized carbons (Fsp3) is 0.296. The Bertz CT molecular complexity index is 1070. The number of carbonyl (C=O) groups excluding carboxylic acids is 1. The highest BCUT2D eigenvalue weighted by Gasteiger charge is 2.15. The summed E-state index contributed by atoms with van der Waals surface area (Å²) in [4.78, 5) is 15.5. The molecule has 2 N–H and O–H groups in total. The number of hydrogen-bond acceptors (Lipinski definition) is 5. The third-order valence-electron chi connectivity index (χ3n) is 5.29. The maximum atomic E-state index is 12.0. The van der Waals surface area contributed by atoms with Gasteiger partial charge in [-0.1, -0.05) is 55.2 Å². The van der Waals surface area contributed by atoms with Crippen LogP contribution in [0.5, 0.6) is 5.75 Å². The van der Waals surface area contributed by atoms with Gasteiger partial charge in [-0.3, -0.25) is 9.69 Å². The van der Waals surface area contributed by atoms with E-state index < -0.39 is 5.91 Å². The minimum absolute atomic E-state index is 0.422. The van der Waals surface area contributed by atoms with Gasteiger partial charge in [0.25, 0.3) is 5.91 Å². The molecule has 0 atom stereocenters. The number of ether oxygens (including phenoxy) is 2. The molecule has 0 unspecified atom stereocenters. The number of rotatable bonds is 11. The molecule has 2 heterocycles. The highest BCUT2D eigenvalue weighted by atomic mass is 32.1. The number of amides is 1. The van der Waals surface area contributed by atoms with E-state index in [1.54, 1.807) is 17.4 Å². The van der Waals surface area contributed by atoms with E-state index in [1.165, 1.54) is 0 Å². The Morgan fingerprint density at radius 1 is 1.18 bits per heavy atom. The van der Waals surface area contributed by atoms with Crippen molar-refractivity contribution in [2.24, 2.45) is 5.73 Å². The summed E-state index contributed by atoms with van der Waals surface area (Å²) in [5.41, 5.74) is 7.22. The third-order valence-corrected chi connectivity index (χ3v) is 6.52. The number of primary amides is 1. The first-order valence-corrected chi connectivity index (χ1v) is 12.0. The van der Waals surface area contributed by atoms with Gasteiger partial charge in [-0.05, 0) is 42.5 Å². The summed E-state index contributed by atoms with van der Waals surface area (Å²) in [5, 5.41) is 0.995. The quantitative estimate of drug-likeness (QED) is 0.455. The highest BCUT2D eigenvalue weighted by molar-refractivity contribution is 7.20. The molecule has 0 radical (unpaired) electrons. The zero-order valence-corrected chi connectivity index (χ0v) is 20.0. The normalized spacial score (nSPS) is 15.8. The first-order valence-electron chi connectivity index (χ1n) is 11.2. The van der Waals surface area contributed by atoms with Gasteiger partial charge in [0.05, 0.1) is 18.8 Å². The van der Waals surface area contributed by atoms with Crippen LogP contribution in [0, 0.1) is 0 Å². The molecular weight excluding hydrogens is 432 g/mol. The Kier molecular flexibility index (Phi) is 9.69. The van der Waals surface area contributed by atoms with E-state index in [1.807, 2.05) is 36.4 Å². The van der Waals surface area contributed by atoms with E-state index in [0.29, 0.717) is 17.9 Å². The Balaban J connectivity index is 1.68. The van der Waals surface area contributed by atoms with Crippen LogP contribution >= 0.6 is 11.3 Å². The second-order valence-corrected chi connectivity index (χ2v) is 8.81. The predicted molar refractivity (Wildman–Crippen MR) is 139 cm³/mol. The Hall–Kier alpha value is -2.93. The van der Waals surface area contributed by atoms with Gasteiger partial charge in [-0.25, -0.2) is 0 Å². The number of nitrogens with two attached hydrogens (primary N) is 1. The average Bonchev–Trinajstić information content (AvgIpc) is 3.24. The first-order chi connectivity index (χ1) is 16.1. The fourth-order valence-corrected chi connectivity index (χ4v) is 4.49. The van der Waals surface area contributed by atoms with Crippen molar-refractivity contribution in [3.8, 4) is 5.75 Å². The number of hydrogen-bond donors (Lipinski definition) is 1. The average molecular weight is 465 g/mol. The summed E-state index contributed by atoms with van der Waals surface area (Å²) in [6.45, 7) is 10.3. The molecule has 1 amide bonds. The maximum Gasteiger partial charge on any atom is 0.252 e. The SMILES string of the molecule is C=C/C=C/C/C=C/C=C/C=C(/C)c1cc2cc(C(N)=O)c(OCCN3CCOCC3)cc2s1. The van der Waals surface area contributed by atoms with Gasteiger partial charge in [0, 0.05) is 29.2 Å². The molecule has 1 fully saturated rings. The van der Waals surface area contributed by atoms with E-state index in [0.717, 1.165) is 59.8 Å². The van der Waals surface area contributed by atoms with Crippen molar-refractivity contribution in [2.45, 2.75) is 13.3 Å². The van der Waals surface area contributed by atoms with Gasteiger partial charge in [-0.15, -0.1) is 11.3 Å². The standard InChI is InChI=1S/C27H32N2O3S/c1-3-4-5-6-7-8-9-10-11-21(2)25-19-22-18-23(27(28)30)24(20-26(22)33-25)32-17-14-29-12-15-31-16-13-29/h3-5,7-11,18-20H,1,6,12-17H2,2H3,(H2,28,30)/b5-4+,8-7+,10-9+,21-11-. The van der Waals surface area contributed by atoms with Crippen LogP contribution in [0.4, 0.5) is 0 Å². The molecule has 0 saturated carbocycles. The lowest BCUT2D eigenvalue weighted by atomic mass is 10.1. The molecule has 0 bridgehead atoms. The molecule has 33 heavy (non-hydrogen) atoms. The zero-order valence-electron chi connectivity index (χ0n) is 19.2. The number of allylic oxidation sites excluding steroid dienone is 9. The van der Waals surface area contributed by atoms with Crippen LogP contribution in [0.2, 0.25) is 0 Å². The number of nitrogens with zero attached hydrogens (tertiary/aromatic N) is 1. The van der Waals surface area contributed by atoms with Crippen LogP contribution in [0.1, 0.15) is 28.6 Å². The molecule has 0 spiro atoms.